The standard InChI is InChI=1S/C31H47N7O4S/c1-31(2,3)42-30(41)32-23-12-16-38(17-13-23)43-35(4)18-19-37-14-10-21(11-15-37)22-6-7-24-26(20-22)36(5)34-28(24)25-8-9-27(39)33-29(25)40/h6-7,20-21,23,25H,8-19H2,1-5H3,(H,32,41)(H,33,39,40). The third-order valence-electron chi connectivity index (χ3n) is 8.69. The van der Waals surface area contributed by atoms with Gasteiger partial charge in [-0.05, 0) is 90.6 Å². The van der Waals surface area contributed by atoms with Gasteiger partial charge >= 0.3 is 6.09 Å². The molecule has 1 aromatic heterocycles. The molecule has 3 aliphatic heterocycles. The Balaban J connectivity index is 1.04. The maximum atomic E-state index is 12.5. The lowest BCUT2D eigenvalue weighted by atomic mass is 9.88. The van der Waals surface area contributed by atoms with Gasteiger partial charge in [0.1, 0.15) is 5.60 Å². The number of likely N-dealkylation sites (N-methyl/N-ethyl adjacent to an activating group) is 1. The molecule has 0 saturated carbocycles. The molecular formula is C31H47N7O4S. The van der Waals surface area contributed by atoms with Crippen molar-refractivity contribution in [1.29, 1.82) is 0 Å². The molecule has 236 valence electrons. The fraction of sp³-hybridized carbons (Fsp3) is 0.677. The Morgan fingerprint density at radius 1 is 1.12 bits per heavy atom. The second-order valence-electron chi connectivity index (χ2n) is 13.2. The highest BCUT2D eigenvalue weighted by Crippen LogP contribution is 2.34. The van der Waals surface area contributed by atoms with Gasteiger partial charge in [-0.15, -0.1) is 0 Å². The molecule has 1 atom stereocenters. The molecular weight excluding hydrogens is 566 g/mol. The number of likely N-dealkylation sites (tertiary alicyclic amines) is 1. The van der Waals surface area contributed by atoms with E-state index in [0.29, 0.717) is 18.8 Å². The van der Waals surface area contributed by atoms with E-state index in [1.807, 2.05) is 32.5 Å². The predicted octanol–water partition coefficient (Wildman–Crippen LogP) is 3.76. The highest BCUT2D eigenvalue weighted by atomic mass is 32.2. The molecule has 2 aromatic rings. The predicted molar refractivity (Wildman–Crippen MR) is 168 cm³/mol. The van der Waals surface area contributed by atoms with Gasteiger partial charge in [-0.2, -0.15) is 5.10 Å². The number of nitrogens with one attached hydrogen (secondary N) is 2. The number of hydrogen-bond donors (Lipinski definition) is 2. The van der Waals surface area contributed by atoms with E-state index >= 15 is 0 Å². The van der Waals surface area contributed by atoms with Gasteiger partial charge in [0.2, 0.25) is 11.8 Å². The van der Waals surface area contributed by atoms with Crippen LogP contribution in [0.25, 0.3) is 10.9 Å². The fourth-order valence-electron chi connectivity index (χ4n) is 6.33. The summed E-state index contributed by atoms with van der Waals surface area (Å²) in [6.07, 6.45) is 4.64. The van der Waals surface area contributed by atoms with Gasteiger partial charge in [-0.25, -0.2) is 13.4 Å². The number of fused-ring (bicyclic) bond motifs is 1. The summed E-state index contributed by atoms with van der Waals surface area (Å²) < 4.78 is 12.0. The number of hydrogen-bond acceptors (Lipinski definition) is 9. The van der Waals surface area contributed by atoms with Crippen molar-refractivity contribution in [2.75, 3.05) is 46.3 Å². The molecule has 1 unspecified atom stereocenters. The normalized spacial score (nSPS) is 21.9. The quantitative estimate of drug-likeness (QED) is 0.340. The van der Waals surface area contributed by atoms with E-state index < -0.39 is 5.60 Å². The zero-order valence-electron chi connectivity index (χ0n) is 26.2. The molecule has 2 N–H and O–H groups in total. The lowest BCUT2D eigenvalue weighted by Gasteiger charge is -2.35. The van der Waals surface area contributed by atoms with E-state index in [9.17, 15) is 14.4 Å². The van der Waals surface area contributed by atoms with Gasteiger partial charge in [0.25, 0.3) is 0 Å². The number of carbonyl (C=O) groups is 3. The third-order valence-corrected chi connectivity index (χ3v) is 9.75. The van der Waals surface area contributed by atoms with Gasteiger partial charge in [0, 0.05) is 63.2 Å². The second kappa shape index (κ2) is 13.5. The number of benzene rings is 1. The first-order chi connectivity index (χ1) is 20.4. The monoisotopic (exact) mass is 613 g/mol. The molecule has 11 nitrogen and oxygen atoms in total. The summed E-state index contributed by atoms with van der Waals surface area (Å²) in [7, 11) is 4.09. The largest absolute Gasteiger partial charge is 0.444 e. The SMILES string of the molecule is CN(CCN1CCC(c2ccc3c(C4CCC(=O)NC4=O)nn(C)c3c2)CC1)SN1CCC(NC(=O)OC(C)(C)C)CC1. The number of amides is 3. The fourth-order valence-corrected chi connectivity index (χ4v) is 7.27. The molecule has 43 heavy (non-hydrogen) atoms. The van der Waals surface area contributed by atoms with Crippen molar-refractivity contribution in [3.05, 3.63) is 29.5 Å². The van der Waals surface area contributed by atoms with Crippen LogP contribution in [0.3, 0.4) is 0 Å². The Morgan fingerprint density at radius 3 is 2.51 bits per heavy atom. The Kier molecular flexibility index (Phi) is 10.00. The van der Waals surface area contributed by atoms with Crippen LogP contribution in [0.4, 0.5) is 4.79 Å². The van der Waals surface area contributed by atoms with E-state index in [-0.39, 0.29) is 29.9 Å². The summed E-state index contributed by atoms with van der Waals surface area (Å²) in [6.45, 7) is 11.7. The number of aromatic nitrogens is 2. The Labute approximate surface area is 259 Å². The topological polar surface area (TPSA) is 112 Å². The van der Waals surface area contributed by atoms with E-state index in [0.717, 1.165) is 81.5 Å². The number of rotatable bonds is 8. The van der Waals surface area contributed by atoms with Crippen LogP contribution >= 0.6 is 12.1 Å². The number of carbonyl (C=O) groups excluding carboxylic acids is 3. The average molecular weight is 614 g/mol. The summed E-state index contributed by atoms with van der Waals surface area (Å²) in [6, 6.07) is 6.74. The van der Waals surface area contributed by atoms with E-state index in [2.05, 4.69) is 49.4 Å². The summed E-state index contributed by atoms with van der Waals surface area (Å²) >= 11 is 1.80. The van der Waals surface area contributed by atoms with Crippen LogP contribution in [0.15, 0.2) is 18.2 Å². The van der Waals surface area contributed by atoms with Gasteiger partial charge in [-0.3, -0.25) is 19.6 Å². The molecule has 3 saturated heterocycles. The number of ether oxygens (including phenoxy) is 1. The molecule has 3 fully saturated rings. The van der Waals surface area contributed by atoms with Crippen LogP contribution in [0.2, 0.25) is 0 Å². The highest BCUT2D eigenvalue weighted by molar-refractivity contribution is 7.94. The van der Waals surface area contributed by atoms with Crippen molar-refractivity contribution in [3.8, 4) is 0 Å². The molecule has 0 bridgehead atoms. The average Bonchev–Trinajstić information content (AvgIpc) is 3.27. The molecule has 4 heterocycles. The summed E-state index contributed by atoms with van der Waals surface area (Å²) in [5.41, 5.74) is 2.68. The Morgan fingerprint density at radius 2 is 1.84 bits per heavy atom. The lowest BCUT2D eigenvalue weighted by Crippen LogP contribution is -2.45. The van der Waals surface area contributed by atoms with Crippen molar-refractivity contribution in [2.24, 2.45) is 7.05 Å². The van der Waals surface area contributed by atoms with Crippen LogP contribution in [-0.4, -0.2) is 99.2 Å². The Hall–Kier alpha value is -2.67. The molecule has 1 aromatic carbocycles. The first-order valence-electron chi connectivity index (χ1n) is 15.6. The van der Waals surface area contributed by atoms with Crippen LogP contribution in [-0.2, 0) is 21.4 Å². The highest BCUT2D eigenvalue weighted by Gasteiger charge is 2.32. The molecule has 3 amide bonds. The van der Waals surface area contributed by atoms with E-state index in [1.54, 1.807) is 12.1 Å². The molecule has 12 heteroatoms. The maximum absolute atomic E-state index is 12.5. The van der Waals surface area contributed by atoms with Crippen molar-refractivity contribution < 1.29 is 19.1 Å². The lowest BCUT2D eigenvalue weighted by molar-refractivity contribution is -0.134. The van der Waals surface area contributed by atoms with Crippen molar-refractivity contribution in [3.63, 3.8) is 0 Å². The van der Waals surface area contributed by atoms with Gasteiger partial charge < -0.3 is 15.0 Å². The van der Waals surface area contributed by atoms with E-state index in [1.165, 1.54) is 5.56 Å². The first kappa shape index (κ1) is 31.7. The number of imide groups is 1. The summed E-state index contributed by atoms with van der Waals surface area (Å²) in [5, 5.41) is 11.2. The van der Waals surface area contributed by atoms with E-state index in [4.69, 9.17) is 9.84 Å². The smallest absolute Gasteiger partial charge is 0.407 e. The van der Waals surface area contributed by atoms with Gasteiger partial charge in [0.15, 0.2) is 0 Å². The van der Waals surface area contributed by atoms with Gasteiger partial charge in [-0.1, -0.05) is 12.1 Å². The van der Waals surface area contributed by atoms with Crippen molar-refractivity contribution in [1.82, 2.24) is 33.9 Å². The van der Waals surface area contributed by atoms with Gasteiger partial charge in [0.05, 0.1) is 17.1 Å². The van der Waals surface area contributed by atoms with Crippen molar-refractivity contribution >= 4 is 40.9 Å². The molecule has 0 radical (unpaired) electrons. The first-order valence-corrected chi connectivity index (χ1v) is 16.3. The molecule has 0 aliphatic carbocycles. The molecule has 5 rings (SSSR count). The number of aryl methyl sites for hydroxylation is 1. The Bertz CT molecular complexity index is 1310. The second-order valence-corrected chi connectivity index (χ2v) is 14.5. The number of alkyl carbamates (subject to hydrolysis) is 1. The molecule has 0 spiro atoms. The number of nitrogens with zero attached hydrogens (tertiary/aromatic N) is 5. The zero-order chi connectivity index (χ0) is 30.7. The zero-order valence-corrected chi connectivity index (χ0v) is 27.0. The van der Waals surface area contributed by atoms with Crippen LogP contribution in [0.5, 0.6) is 0 Å². The maximum Gasteiger partial charge on any atom is 0.407 e. The summed E-state index contributed by atoms with van der Waals surface area (Å²) in [4.78, 5) is 38.7. The number of piperidine rings is 3. The minimum absolute atomic E-state index is 0.171. The molecule has 3 aliphatic rings. The van der Waals surface area contributed by atoms with Crippen LogP contribution in [0.1, 0.15) is 82.4 Å². The van der Waals surface area contributed by atoms with Crippen molar-refractivity contribution in [2.45, 2.75) is 82.8 Å². The minimum Gasteiger partial charge on any atom is -0.444 e. The minimum atomic E-state index is -0.474. The van der Waals surface area contributed by atoms with Crippen LogP contribution in [0, 0.1) is 0 Å². The summed E-state index contributed by atoms with van der Waals surface area (Å²) in [5.74, 6) is -0.308. The van der Waals surface area contributed by atoms with Crippen LogP contribution < -0.4 is 10.6 Å². The third kappa shape index (κ3) is 8.29.